The molecule has 0 amide bonds. The molecule has 0 saturated heterocycles. The second-order valence-electron chi connectivity index (χ2n) is 3.44. The number of halogens is 3. The molecule has 1 aromatic carbocycles. The largest absolute Gasteiger partial charge is 0.207 e. The van der Waals surface area contributed by atoms with Gasteiger partial charge in [0.1, 0.15) is 5.82 Å². The van der Waals surface area contributed by atoms with Gasteiger partial charge in [-0.2, -0.15) is 0 Å². The lowest BCUT2D eigenvalue weighted by atomic mass is 10.1. The summed E-state index contributed by atoms with van der Waals surface area (Å²) in [4.78, 5) is 1.49. The van der Waals surface area contributed by atoms with Crippen LogP contribution in [-0.4, -0.2) is 0 Å². The van der Waals surface area contributed by atoms with Gasteiger partial charge in [0, 0.05) is 4.88 Å². The lowest BCUT2D eigenvalue weighted by molar-refractivity contribution is 0.625. The van der Waals surface area contributed by atoms with Gasteiger partial charge < -0.3 is 0 Å². The minimum Gasteiger partial charge on any atom is -0.207 e. The lowest BCUT2D eigenvalue weighted by Crippen LogP contribution is -1.93. The summed E-state index contributed by atoms with van der Waals surface area (Å²) >= 11 is 8.76. The van der Waals surface area contributed by atoms with E-state index in [-0.39, 0.29) is 10.6 Å². The van der Waals surface area contributed by atoms with Gasteiger partial charge in [0.25, 0.3) is 0 Å². The van der Waals surface area contributed by atoms with Crippen LogP contribution < -0.4 is 0 Å². The van der Waals surface area contributed by atoms with Crippen LogP contribution in [0.3, 0.4) is 0 Å². The molecule has 0 radical (unpaired) electrons. The molecule has 16 heavy (non-hydrogen) atoms. The third kappa shape index (κ3) is 3.15. The first-order chi connectivity index (χ1) is 7.65. The monoisotopic (exact) mass is 362 g/mol. The highest BCUT2D eigenvalue weighted by molar-refractivity contribution is 9.11. The summed E-state index contributed by atoms with van der Waals surface area (Å²) in [5.41, 5.74) is 1.01. The summed E-state index contributed by atoms with van der Waals surface area (Å²) in [5, 5.41) is 0. The summed E-state index contributed by atoms with van der Waals surface area (Å²) in [5.74, 6) is -0.176. The van der Waals surface area contributed by atoms with Crippen LogP contribution in [0.2, 0.25) is 0 Å². The topological polar surface area (TPSA) is 0 Å². The summed E-state index contributed by atoms with van der Waals surface area (Å²) in [6.45, 7) is 0. The zero-order chi connectivity index (χ0) is 11.5. The van der Waals surface area contributed by atoms with Gasteiger partial charge in [-0.15, -0.1) is 11.3 Å². The highest BCUT2D eigenvalue weighted by Crippen LogP contribution is 2.34. The first-order valence-corrected chi connectivity index (χ1v) is 7.31. The predicted molar refractivity (Wildman–Crippen MR) is 73.8 cm³/mol. The fraction of sp³-hybridized carbons (Fsp3) is 0.167. The van der Waals surface area contributed by atoms with Gasteiger partial charge >= 0.3 is 0 Å². The minimum atomic E-state index is -0.176. The molecular weight excluding hydrogens is 355 g/mol. The van der Waals surface area contributed by atoms with Gasteiger partial charge in [-0.25, -0.2) is 4.39 Å². The number of thiophene rings is 1. The van der Waals surface area contributed by atoms with E-state index in [0.29, 0.717) is 0 Å². The molecule has 2 rings (SSSR count). The van der Waals surface area contributed by atoms with Crippen molar-refractivity contribution in [3.8, 4) is 0 Å². The van der Waals surface area contributed by atoms with E-state index < -0.39 is 0 Å². The highest BCUT2D eigenvalue weighted by Gasteiger charge is 2.11. The normalized spacial score (nSPS) is 12.7. The van der Waals surface area contributed by atoms with Gasteiger partial charge in [-0.05, 0) is 52.2 Å². The van der Waals surface area contributed by atoms with E-state index in [9.17, 15) is 4.39 Å². The first kappa shape index (κ1) is 12.3. The van der Waals surface area contributed by atoms with Gasteiger partial charge in [-0.3, -0.25) is 0 Å². The zero-order valence-corrected chi connectivity index (χ0v) is 12.3. The van der Waals surface area contributed by atoms with E-state index in [1.165, 1.54) is 10.9 Å². The van der Waals surface area contributed by atoms with E-state index in [1.54, 1.807) is 23.5 Å². The molecule has 0 spiro atoms. The Labute approximate surface area is 115 Å². The van der Waals surface area contributed by atoms with E-state index in [0.717, 1.165) is 15.8 Å². The number of rotatable bonds is 3. The van der Waals surface area contributed by atoms with Crippen molar-refractivity contribution in [2.24, 2.45) is 0 Å². The average Bonchev–Trinajstić information content (AvgIpc) is 2.65. The quantitative estimate of drug-likeness (QED) is 0.646. The maximum absolute atomic E-state index is 13.0. The minimum absolute atomic E-state index is 0.176. The predicted octanol–water partition coefficient (Wildman–Crippen LogP) is 5.33. The average molecular weight is 364 g/mol. The maximum Gasteiger partial charge on any atom is 0.123 e. The van der Waals surface area contributed by atoms with Crippen LogP contribution in [-0.2, 0) is 6.42 Å². The molecule has 0 aliphatic rings. The Morgan fingerprint density at radius 3 is 2.69 bits per heavy atom. The van der Waals surface area contributed by atoms with Crippen LogP contribution in [0.15, 0.2) is 40.2 Å². The van der Waals surface area contributed by atoms with Crippen molar-refractivity contribution in [2.75, 3.05) is 0 Å². The Balaban J connectivity index is 2.10. The van der Waals surface area contributed by atoms with Crippen LogP contribution in [0.5, 0.6) is 0 Å². The van der Waals surface area contributed by atoms with Crippen molar-refractivity contribution in [3.63, 3.8) is 0 Å². The molecule has 1 atom stereocenters. The van der Waals surface area contributed by atoms with E-state index in [4.69, 9.17) is 0 Å². The second-order valence-corrected chi connectivity index (χ2v) is 7.04. The fourth-order valence-corrected chi connectivity index (χ4v) is 3.68. The third-order valence-corrected chi connectivity index (χ3v) is 5.06. The summed E-state index contributed by atoms with van der Waals surface area (Å²) < 4.78 is 14.1. The molecule has 1 unspecified atom stereocenters. The number of hydrogen-bond acceptors (Lipinski definition) is 1. The van der Waals surface area contributed by atoms with Crippen molar-refractivity contribution in [1.82, 2.24) is 0 Å². The molecule has 0 aliphatic heterocycles. The summed E-state index contributed by atoms with van der Waals surface area (Å²) in [6, 6.07) is 10.8. The van der Waals surface area contributed by atoms with Crippen molar-refractivity contribution in [3.05, 3.63) is 56.4 Å². The van der Waals surface area contributed by atoms with Gasteiger partial charge in [0.15, 0.2) is 0 Å². The van der Waals surface area contributed by atoms with E-state index in [1.807, 2.05) is 12.1 Å². The Hall–Kier alpha value is -0.190. The molecule has 84 valence electrons. The van der Waals surface area contributed by atoms with Crippen molar-refractivity contribution < 1.29 is 4.39 Å². The highest BCUT2D eigenvalue weighted by atomic mass is 79.9. The van der Waals surface area contributed by atoms with Crippen LogP contribution in [0.1, 0.15) is 15.3 Å². The summed E-state index contributed by atoms with van der Waals surface area (Å²) in [6.07, 6.45) is 0.796. The van der Waals surface area contributed by atoms with Crippen LogP contribution in [0, 0.1) is 5.82 Å². The molecule has 1 aromatic heterocycles. The maximum atomic E-state index is 13.0. The van der Waals surface area contributed by atoms with Gasteiger partial charge in [0.05, 0.1) is 8.61 Å². The Kier molecular flexibility index (Phi) is 4.16. The van der Waals surface area contributed by atoms with Gasteiger partial charge in [0.2, 0.25) is 0 Å². The number of benzene rings is 1. The van der Waals surface area contributed by atoms with Crippen LogP contribution in [0.25, 0.3) is 0 Å². The molecule has 0 bridgehead atoms. The van der Waals surface area contributed by atoms with Crippen molar-refractivity contribution in [2.45, 2.75) is 11.2 Å². The molecule has 0 N–H and O–H groups in total. The van der Waals surface area contributed by atoms with Crippen molar-refractivity contribution in [1.29, 1.82) is 0 Å². The van der Waals surface area contributed by atoms with Crippen LogP contribution >= 0.6 is 43.2 Å². The molecule has 0 fully saturated rings. The zero-order valence-electron chi connectivity index (χ0n) is 8.29. The number of hydrogen-bond donors (Lipinski definition) is 0. The number of alkyl halides is 1. The third-order valence-electron chi connectivity index (χ3n) is 2.21. The van der Waals surface area contributed by atoms with E-state index in [2.05, 4.69) is 37.9 Å². The lowest BCUT2D eigenvalue weighted by Gasteiger charge is -2.07. The molecule has 0 nitrogen and oxygen atoms in total. The summed E-state index contributed by atoms with van der Waals surface area (Å²) in [7, 11) is 0. The Morgan fingerprint density at radius 2 is 2.06 bits per heavy atom. The smallest absolute Gasteiger partial charge is 0.123 e. The molecule has 0 saturated carbocycles. The fourth-order valence-electron chi connectivity index (χ4n) is 1.47. The Bertz CT molecular complexity index is 481. The molecule has 0 aliphatic carbocycles. The van der Waals surface area contributed by atoms with Gasteiger partial charge in [-0.1, -0.05) is 28.1 Å². The Morgan fingerprint density at radius 1 is 1.25 bits per heavy atom. The first-order valence-electron chi connectivity index (χ1n) is 4.79. The second kappa shape index (κ2) is 5.43. The van der Waals surface area contributed by atoms with Crippen molar-refractivity contribution >= 4 is 43.2 Å². The molecule has 1 heterocycles. The standard InChI is InChI=1S/C12H9Br2FS/c13-10(11-4-5-12(14)16-11)7-8-2-1-3-9(15)6-8/h1-6,10H,7H2. The molecule has 4 heteroatoms. The SMILES string of the molecule is Fc1cccc(CC(Br)c2ccc(Br)s2)c1. The molecular formula is C12H9Br2FS. The molecule has 2 aromatic rings. The van der Waals surface area contributed by atoms with Crippen LogP contribution in [0.4, 0.5) is 4.39 Å². The van der Waals surface area contributed by atoms with E-state index >= 15 is 0 Å².